The first-order chi connectivity index (χ1) is 25.2. The summed E-state index contributed by atoms with van der Waals surface area (Å²) in [4.78, 5) is 1.96. The van der Waals surface area contributed by atoms with Crippen LogP contribution in [0.4, 0.5) is 0 Å². The van der Waals surface area contributed by atoms with Gasteiger partial charge in [0.15, 0.2) is 0 Å². The Kier molecular flexibility index (Phi) is 10.7. The van der Waals surface area contributed by atoms with Crippen molar-refractivity contribution in [1.82, 2.24) is 10.2 Å². The minimum Gasteiger partial charge on any atom is -0.510 e. The highest BCUT2D eigenvalue weighted by Gasteiger charge is 2.57. The molecule has 1 unspecified atom stereocenters. The third-order valence-electron chi connectivity index (χ3n) is 11.7. The number of fused-ring (bicyclic) bond motifs is 3. The molecule has 0 spiro atoms. The van der Waals surface area contributed by atoms with E-state index in [4.69, 9.17) is 21.8 Å². The third-order valence-corrected chi connectivity index (χ3v) is 11.7. The molecule has 5 atom stereocenters. The quantitative estimate of drug-likeness (QED) is 0.141. The van der Waals surface area contributed by atoms with E-state index in [0.29, 0.717) is 30.7 Å². The van der Waals surface area contributed by atoms with Crippen molar-refractivity contribution in [3.8, 4) is 16.9 Å². The second kappa shape index (κ2) is 14.9. The van der Waals surface area contributed by atoms with Crippen LogP contribution >= 0.6 is 0 Å². The number of aliphatic hydroxyl groups excluding tert-OH is 1. The van der Waals surface area contributed by atoms with Crippen LogP contribution in [0.1, 0.15) is 48.1 Å². The normalized spacial score (nSPS) is 23.0. The van der Waals surface area contributed by atoms with Gasteiger partial charge in [0.05, 0.1) is 25.8 Å². The van der Waals surface area contributed by atoms with Crippen LogP contribution in [0.5, 0.6) is 5.75 Å². The Hall–Kier alpha value is -4.82. The molecule has 3 aromatic carbocycles. The van der Waals surface area contributed by atoms with Gasteiger partial charge in [-0.05, 0) is 128 Å². The summed E-state index contributed by atoms with van der Waals surface area (Å²) in [6, 6.07) is 20.6. The molecule has 7 nitrogen and oxygen atoms in total. The van der Waals surface area contributed by atoms with Crippen LogP contribution in [0.2, 0.25) is 0 Å². The molecular formula is C46H55N3O4. The van der Waals surface area contributed by atoms with E-state index in [1.807, 2.05) is 45.0 Å². The van der Waals surface area contributed by atoms with Gasteiger partial charge >= 0.3 is 0 Å². The Morgan fingerprint density at radius 1 is 1.04 bits per heavy atom. The Morgan fingerprint density at radius 3 is 2.40 bits per heavy atom. The average molecular weight is 714 g/mol. The fraction of sp³-hybridized carbons (Fsp3) is 0.348. The molecule has 6 rings (SSSR count). The highest BCUT2D eigenvalue weighted by atomic mass is 16.5. The smallest absolute Gasteiger partial charge is 0.126 e. The summed E-state index contributed by atoms with van der Waals surface area (Å²) < 4.78 is 11.9. The molecule has 53 heavy (non-hydrogen) atoms. The summed E-state index contributed by atoms with van der Waals surface area (Å²) in [5.41, 5.74) is 16.4. The Bertz CT molecular complexity index is 2040. The molecule has 278 valence electrons. The van der Waals surface area contributed by atoms with E-state index in [2.05, 4.69) is 80.5 Å². The molecule has 0 saturated heterocycles. The highest BCUT2D eigenvalue weighted by molar-refractivity contribution is 5.90. The maximum Gasteiger partial charge on any atom is 0.126 e. The molecule has 3 aliphatic carbocycles. The molecule has 0 bridgehead atoms. The van der Waals surface area contributed by atoms with Crippen molar-refractivity contribution in [2.45, 2.75) is 64.3 Å². The molecule has 0 aliphatic heterocycles. The van der Waals surface area contributed by atoms with Crippen molar-refractivity contribution >= 4 is 5.57 Å². The van der Waals surface area contributed by atoms with Gasteiger partial charge in [-0.3, -0.25) is 4.90 Å². The predicted octanol–water partition coefficient (Wildman–Crippen LogP) is 7.96. The number of aliphatic hydroxyl groups is 2. The van der Waals surface area contributed by atoms with Gasteiger partial charge in [-0.25, -0.2) is 0 Å². The van der Waals surface area contributed by atoms with Crippen molar-refractivity contribution in [1.29, 1.82) is 0 Å². The first-order valence-corrected chi connectivity index (χ1v) is 18.5. The zero-order valence-electron chi connectivity index (χ0n) is 32.2. The van der Waals surface area contributed by atoms with Crippen LogP contribution in [-0.4, -0.2) is 60.6 Å². The Balaban J connectivity index is 1.40. The SMILES string of the molecule is C=C(N)C1=C(O)[C@@H](N(C)C)[C@@H]2C[C@@H]3Cc4c(-c5cc(CNC(Cc6ccccc6)C(=C)OCC)ccc5OC)ccc(C)c4C(=C)C3=C(C)[C@]2(O)C1=C. The van der Waals surface area contributed by atoms with Crippen molar-refractivity contribution < 1.29 is 19.7 Å². The summed E-state index contributed by atoms with van der Waals surface area (Å²) in [7, 11) is 5.55. The number of nitrogens with one attached hydrogen (secondary N) is 1. The number of nitrogens with zero attached hydrogens (tertiary/aromatic N) is 1. The summed E-state index contributed by atoms with van der Waals surface area (Å²) >= 11 is 0. The maximum absolute atomic E-state index is 12.7. The van der Waals surface area contributed by atoms with Gasteiger partial charge in [0.25, 0.3) is 0 Å². The molecule has 3 aromatic rings. The van der Waals surface area contributed by atoms with Gasteiger partial charge in [0.2, 0.25) is 0 Å². The Labute approximate surface area is 315 Å². The molecule has 0 fully saturated rings. The molecule has 3 aliphatic rings. The van der Waals surface area contributed by atoms with Crippen LogP contribution in [0, 0.1) is 18.8 Å². The molecule has 0 heterocycles. The van der Waals surface area contributed by atoms with Crippen molar-refractivity contribution in [3.05, 3.63) is 154 Å². The number of rotatable bonds is 12. The number of aryl methyl sites for hydroxylation is 1. The van der Waals surface area contributed by atoms with Gasteiger partial charge in [0, 0.05) is 29.3 Å². The number of allylic oxidation sites excluding steroid dienone is 3. The third kappa shape index (κ3) is 6.56. The van der Waals surface area contributed by atoms with Gasteiger partial charge in [0.1, 0.15) is 22.9 Å². The lowest BCUT2D eigenvalue weighted by molar-refractivity contribution is -0.0178. The lowest BCUT2D eigenvalue weighted by atomic mass is 9.55. The summed E-state index contributed by atoms with van der Waals surface area (Å²) in [5.74, 6) is 1.33. The van der Waals surface area contributed by atoms with E-state index in [1.165, 1.54) is 11.1 Å². The van der Waals surface area contributed by atoms with E-state index in [0.717, 1.165) is 68.9 Å². The number of nitrogens with two attached hydrogens (primary N) is 1. The lowest BCUT2D eigenvalue weighted by Gasteiger charge is -2.54. The van der Waals surface area contributed by atoms with Crippen molar-refractivity contribution in [3.63, 3.8) is 0 Å². The van der Waals surface area contributed by atoms with Gasteiger partial charge in [-0.2, -0.15) is 0 Å². The number of ether oxygens (including phenoxy) is 2. The number of likely N-dealkylation sites (N-methyl/N-ethyl adjacent to an activating group) is 1. The fourth-order valence-corrected chi connectivity index (χ4v) is 9.28. The monoisotopic (exact) mass is 713 g/mol. The Morgan fingerprint density at radius 2 is 1.75 bits per heavy atom. The van der Waals surface area contributed by atoms with Crippen molar-refractivity contribution in [2.24, 2.45) is 17.6 Å². The second-order valence-corrected chi connectivity index (χ2v) is 15.0. The minimum atomic E-state index is -1.42. The molecular weight excluding hydrogens is 659 g/mol. The van der Waals surface area contributed by atoms with Crippen LogP contribution in [0.25, 0.3) is 16.7 Å². The van der Waals surface area contributed by atoms with E-state index in [-0.39, 0.29) is 29.3 Å². The minimum absolute atomic E-state index is 0.0608. The molecule has 7 heteroatoms. The molecule has 5 N–H and O–H groups in total. The summed E-state index contributed by atoms with van der Waals surface area (Å²) in [5, 5.41) is 28.0. The number of benzene rings is 3. The topological polar surface area (TPSA) is 100 Å². The van der Waals surface area contributed by atoms with Crippen LogP contribution in [0.3, 0.4) is 0 Å². The van der Waals surface area contributed by atoms with E-state index >= 15 is 0 Å². The number of methoxy groups -OCH3 is 1. The fourth-order valence-electron chi connectivity index (χ4n) is 9.28. The van der Waals surface area contributed by atoms with Crippen molar-refractivity contribution in [2.75, 3.05) is 27.8 Å². The molecule has 0 saturated carbocycles. The molecule has 0 aromatic heterocycles. The first-order valence-electron chi connectivity index (χ1n) is 18.5. The van der Waals surface area contributed by atoms with Gasteiger partial charge in [-0.1, -0.05) is 74.8 Å². The average Bonchev–Trinajstić information content (AvgIpc) is 3.12. The highest BCUT2D eigenvalue weighted by Crippen LogP contribution is 2.58. The number of hydrogen-bond acceptors (Lipinski definition) is 7. The van der Waals surface area contributed by atoms with Crippen LogP contribution in [0.15, 0.2) is 126 Å². The predicted molar refractivity (Wildman–Crippen MR) is 216 cm³/mol. The summed E-state index contributed by atoms with van der Waals surface area (Å²) in [6.45, 7) is 24.5. The summed E-state index contributed by atoms with van der Waals surface area (Å²) in [6.07, 6.45) is 2.14. The zero-order valence-corrected chi connectivity index (χ0v) is 32.2. The van der Waals surface area contributed by atoms with E-state index in [9.17, 15) is 10.2 Å². The van der Waals surface area contributed by atoms with Gasteiger partial charge < -0.3 is 30.7 Å². The van der Waals surface area contributed by atoms with Crippen LogP contribution < -0.4 is 15.8 Å². The van der Waals surface area contributed by atoms with E-state index in [1.54, 1.807) is 7.11 Å². The van der Waals surface area contributed by atoms with Crippen LogP contribution in [-0.2, 0) is 24.1 Å². The second-order valence-electron chi connectivity index (χ2n) is 15.0. The van der Waals surface area contributed by atoms with E-state index < -0.39 is 11.6 Å². The molecule has 0 radical (unpaired) electrons. The zero-order chi connectivity index (χ0) is 38.4. The maximum atomic E-state index is 12.7. The number of hydrogen-bond donors (Lipinski definition) is 4. The van der Waals surface area contributed by atoms with Gasteiger partial charge in [-0.15, -0.1) is 0 Å². The molecule has 0 amide bonds. The lowest BCUT2D eigenvalue weighted by Crippen LogP contribution is -2.58. The standard InChI is InChI=1S/C46H55N3O4/c1-11-53-31(7)39(22-32-15-13-12-14-16-32)48-25-33-18-20-40(52-10)36(21-33)35-19-17-26(2)41-27(3)42-28(4)46(51)29(5)43(30(6)47)45(50)44(49(8)9)38(46)24-34(42)23-37(35)41/h12-21,34,38-39,44,48,50-51H,3,5-7,11,22-25,47H2,1-2,4,8-10H3/t34-,38-,39?,44-,46-/m0/s1. The largest absolute Gasteiger partial charge is 0.510 e. The first kappa shape index (κ1) is 37.9.